The molecular formula is C19H21Cl2N5O. The number of benzene rings is 1. The van der Waals surface area contributed by atoms with Crippen LogP contribution < -0.4 is 5.32 Å². The smallest absolute Gasteiger partial charge is 0.249 e. The maximum atomic E-state index is 12.8. The Morgan fingerprint density at radius 3 is 2.67 bits per heavy atom. The van der Waals surface area contributed by atoms with E-state index in [2.05, 4.69) is 15.5 Å². The summed E-state index contributed by atoms with van der Waals surface area (Å²) in [6.07, 6.45) is 3.77. The van der Waals surface area contributed by atoms with Crippen LogP contribution in [0, 0.1) is 13.8 Å². The summed E-state index contributed by atoms with van der Waals surface area (Å²) in [6, 6.07) is 7.21. The molecule has 0 aliphatic rings. The molecule has 8 heteroatoms. The minimum absolute atomic E-state index is 0.147. The molecule has 0 aliphatic heterocycles. The van der Waals surface area contributed by atoms with Crippen molar-refractivity contribution in [3.8, 4) is 0 Å². The SMILES string of the molecule is CCC(C(=O)Nc1c(C)nn(Cc2cccc(Cl)c2)c1C)n1cc(Cl)cn1. The van der Waals surface area contributed by atoms with E-state index in [0.717, 1.165) is 22.6 Å². The molecule has 0 saturated carbocycles. The van der Waals surface area contributed by atoms with E-state index < -0.39 is 6.04 Å². The molecule has 0 aliphatic carbocycles. The molecular weight excluding hydrogens is 385 g/mol. The zero-order valence-corrected chi connectivity index (χ0v) is 16.9. The van der Waals surface area contributed by atoms with Gasteiger partial charge in [-0.2, -0.15) is 10.2 Å². The highest BCUT2D eigenvalue weighted by Crippen LogP contribution is 2.23. The molecule has 1 aromatic carbocycles. The van der Waals surface area contributed by atoms with E-state index in [4.69, 9.17) is 23.2 Å². The standard InChI is InChI=1S/C19H21Cl2N5O/c1-4-17(26-11-16(21)9-22-26)19(27)23-18-12(2)24-25(13(18)3)10-14-6-5-7-15(20)8-14/h5-9,11,17H,4,10H2,1-3H3,(H,23,27). The number of hydrogen-bond donors (Lipinski definition) is 1. The number of anilines is 1. The third kappa shape index (κ3) is 4.34. The largest absolute Gasteiger partial charge is 0.321 e. The van der Waals surface area contributed by atoms with Crippen molar-refractivity contribution >= 4 is 34.8 Å². The van der Waals surface area contributed by atoms with Crippen molar-refractivity contribution < 1.29 is 4.79 Å². The minimum atomic E-state index is -0.437. The maximum Gasteiger partial charge on any atom is 0.249 e. The third-order valence-corrected chi connectivity index (χ3v) is 4.86. The van der Waals surface area contributed by atoms with Crippen molar-refractivity contribution in [2.45, 2.75) is 39.8 Å². The number of carbonyl (C=O) groups excluding carboxylic acids is 1. The second kappa shape index (κ2) is 8.15. The van der Waals surface area contributed by atoms with Crippen molar-refractivity contribution in [2.24, 2.45) is 0 Å². The average Bonchev–Trinajstić information content (AvgIpc) is 3.14. The van der Waals surface area contributed by atoms with Crippen LogP contribution in [0.2, 0.25) is 10.0 Å². The van der Waals surface area contributed by atoms with Gasteiger partial charge in [0.2, 0.25) is 5.91 Å². The topological polar surface area (TPSA) is 64.7 Å². The van der Waals surface area contributed by atoms with Gasteiger partial charge >= 0.3 is 0 Å². The number of aryl methyl sites for hydroxylation is 1. The van der Waals surface area contributed by atoms with Crippen LogP contribution in [0.25, 0.3) is 0 Å². The van der Waals surface area contributed by atoms with E-state index in [1.807, 2.05) is 49.7 Å². The molecule has 3 rings (SSSR count). The lowest BCUT2D eigenvalue weighted by Gasteiger charge is -2.15. The van der Waals surface area contributed by atoms with Gasteiger partial charge < -0.3 is 5.32 Å². The van der Waals surface area contributed by atoms with Crippen molar-refractivity contribution in [2.75, 3.05) is 5.32 Å². The molecule has 3 aromatic rings. The highest BCUT2D eigenvalue weighted by atomic mass is 35.5. The fraction of sp³-hybridized carbons (Fsp3) is 0.316. The second-order valence-corrected chi connectivity index (χ2v) is 7.26. The van der Waals surface area contributed by atoms with Crippen molar-refractivity contribution in [1.29, 1.82) is 0 Å². The fourth-order valence-corrected chi connectivity index (χ4v) is 3.38. The summed E-state index contributed by atoms with van der Waals surface area (Å²) in [5, 5.41) is 12.9. The number of nitrogens with one attached hydrogen (secondary N) is 1. The zero-order chi connectivity index (χ0) is 19.6. The van der Waals surface area contributed by atoms with E-state index >= 15 is 0 Å². The van der Waals surface area contributed by atoms with Gasteiger partial charge in [-0.3, -0.25) is 14.2 Å². The Labute approximate surface area is 168 Å². The summed E-state index contributed by atoms with van der Waals surface area (Å²) in [5.41, 5.74) is 3.41. The predicted octanol–water partition coefficient (Wildman–Crippen LogP) is 4.64. The molecule has 0 bridgehead atoms. The van der Waals surface area contributed by atoms with Gasteiger partial charge in [0.25, 0.3) is 0 Å². The second-order valence-electron chi connectivity index (χ2n) is 6.39. The van der Waals surface area contributed by atoms with E-state index in [9.17, 15) is 4.79 Å². The summed E-state index contributed by atoms with van der Waals surface area (Å²) in [4.78, 5) is 12.8. The first-order valence-electron chi connectivity index (χ1n) is 8.68. The predicted molar refractivity (Wildman–Crippen MR) is 107 cm³/mol. The molecule has 27 heavy (non-hydrogen) atoms. The van der Waals surface area contributed by atoms with Crippen LogP contribution in [-0.4, -0.2) is 25.5 Å². The van der Waals surface area contributed by atoms with Gasteiger partial charge in [0.1, 0.15) is 6.04 Å². The first-order chi connectivity index (χ1) is 12.9. The van der Waals surface area contributed by atoms with Crippen LogP contribution in [0.5, 0.6) is 0 Å². The van der Waals surface area contributed by atoms with E-state index in [-0.39, 0.29) is 5.91 Å². The van der Waals surface area contributed by atoms with Crippen LogP contribution in [0.15, 0.2) is 36.7 Å². The molecule has 142 valence electrons. The Balaban J connectivity index is 1.80. The summed E-state index contributed by atoms with van der Waals surface area (Å²) < 4.78 is 3.45. The number of halogens is 2. The zero-order valence-electron chi connectivity index (χ0n) is 15.4. The number of aromatic nitrogens is 4. The molecule has 2 aromatic heterocycles. The summed E-state index contributed by atoms with van der Waals surface area (Å²) in [6.45, 7) is 6.33. The third-order valence-electron chi connectivity index (χ3n) is 4.43. The molecule has 0 fully saturated rings. The van der Waals surface area contributed by atoms with E-state index in [1.165, 1.54) is 6.20 Å². The monoisotopic (exact) mass is 405 g/mol. The Hall–Kier alpha value is -2.31. The van der Waals surface area contributed by atoms with Crippen LogP contribution >= 0.6 is 23.2 Å². The van der Waals surface area contributed by atoms with E-state index in [1.54, 1.807) is 10.9 Å². The summed E-state index contributed by atoms with van der Waals surface area (Å²) >= 11 is 12.0. The number of nitrogens with zero attached hydrogens (tertiary/aromatic N) is 4. The molecule has 6 nitrogen and oxygen atoms in total. The molecule has 1 unspecified atom stereocenters. The molecule has 1 N–H and O–H groups in total. The Kier molecular flexibility index (Phi) is 5.87. The summed E-state index contributed by atoms with van der Waals surface area (Å²) in [5.74, 6) is -0.147. The van der Waals surface area contributed by atoms with Crippen LogP contribution in [0.3, 0.4) is 0 Å². The molecule has 1 atom stereocenters. The maximum absolute atomic E-state index is 12.8. The van der Waals surface area contributed by atoms with Gasteiger partial charge in [-0.25, -0.2) is 0 Å². The Morgan fingerprint density at radius 2 is 2.04 bits per heavy atom. The van der Waals surface area contributed by atoms with Gasteiger partial charge in [0.05, 0.1) is 34.8 Å². The van der Waals surface area contributed by atoms with Crippen LogP contribution in [-0.2, 0) is 11.3 Å². The molecule has 0 saturated heterocycles. The molecule has 0 spiro atoms. The highest BCUT2D eigenvalue weighted by molar-refractivity contribution is 6.30. The van der Waals surface area contributed by atoms with Crippen molar-refractivity contribution in [3.05, 3.63) is 63.7 Å². The molecule has 1 amide bonds. The summed E-state index contributed by atoms with van der Waals surface area (Å²) in [7, 11) is 0. The lowest BCUT2D eigenvalue weighted by molar-refractivity contribution is -0.119. The number of rotatable bonds is 6. The molecule has 2 heterocycles. The van der Waals surface area contributed by atoms with Crippen LogP contribution in [0.4, 0.5) is 5.69 Å². The number of amides is 1. The Bertz CT molecular complexity index is 963. The first-order valence-corrected chi connectivity index (χ1v) is 9.43. The van der Waals surface area contributed by atoms with Gasteiger partial charge in [-0.05, 0) is 38.0 Å². The normalized spacial score (nSPS) is 12.2. The quantitative estimate of drug-likeness (QED) is 0.649. The lowest BCUT2D eigenvalue weighted by Crippen LogP contribution is -2.26. The minimum Gasteiger partial charge on any atom is -0.321 e. The number of hydrogen-bond acceptors (Lipinski definition) is 3. The Morgan fingerprint density at radius 1 is 1.26 bits per heavy atom. The van der Waals surface area contributed by atoms with E-state index in [0.29, 0.717) is 23.0 Å². The fourth-order valence-electron chi connectivity index (χ4n) is 3.02. The van der Waals surface area contributed by atoms with Gasteiger partial charge in [0, 0.05) is 11.2 Å². The van der Waals surface area contributed by atoms with Gasteiger partial charge in [-0.15, -0.1) is 0 Å². The molecule has 0 radical (unpaired) electrons. The van der Waals surface area contributed by atoms with Gasteiger partial charge in [-0.1, -0.05) is 42.3 Å². The van der Waals surface area contributed by atoms with Crippen LogP contribution in [0.1, 0.15) is 36.3 Å². The lowest BCUT2D eigenvalue weighted by atomic mass is 10.2. The first kappa shape index (κ1) is 19.5. The average molecular weight is 406 g/mol. The van der Waals surface area contributed by atoms with Gasteiger partial charge in [0.15, 0.2) is 0 Å². The van der Waals surface area contributed by atoms with Crippen molar-refractivity contribution in [1.82, 2.24) is 19.6 Å². The highest BCUT2D eigenvalue weighted by Gasteiger charge is 2.22. The number of carbonyl (C=O) groups is 1. The van der Waals surface area contributed by atoms with Crippen molar-refractivity contribution in [3.63, 3.8) is 0 Å².